The van der Waals surface area contributed by atoms with Crippen molar-refractivity contribution in [3.63, 3.8) is 0 Å². The van der Waals surface area contributed by atoms with Gasteiger partial charge in [0.25, 0.3) is 0 Å². The van der Waals surface area contributed by atoms with Gasteiger partial charge in [0.1, 0.15) is 0 Å². The second-order valence-corrected chi connectivity index (χ2v) is 4.39. The number of amides is 1. The van der Waals surface area contributed by atoms with Gasteiger partial charge < -0.3 is 10.0 Å². The Balaban J connectivity index is 2.38. The Morgan fingerprint density at radius 2 is 1.83 bits per heavy atom. The van der Waals surface area contributed by atoms with E-state index in [1.165, 1.54) is 4.90 Å². The lowest BCUT2D eigenvalue weighted by Gasteiger charge is -2.18. The number of hydrogen-bond donors (Lipinski definition) is 1. The molecule has 5 heteroatoms. The molecule has 18 heavy (non-hydrogen) atoms. The van der Waals surface area contributed by atoms with E-state index in [-0.39, 0.29) is 6.42 Å². The smallest absolute Gasteiger partial charge is 0.407 e. The maximum Gasteiger partial charge on any atom is 0.407 e. The monoisotopic (exact) mass is 269 g/mol. The van der Waals surface area contributed by atoms with Crippen LogP contribution in [0.4, 0.5) is 4.79 Å². The molecule has 0 unspecified atom stereocenters. The summed E-state index contributed by atoms with van der Waals surface area (Å²) in [5.41, 5.74) is 1.09. The predicted molar refractivity (Wildman–Crippen MR) is 69.8 cm³/mol. The molecular formula is C13H16ClNO3. The molecule has 0 saturated heterocycles. The molecule has 0 aromatic heterocycles. The van der Waals surface area contributed by atoms with Gasteiger partial charge in [-0.1, -0.05) is 30.3 Å². The summed E-state index contributed by atoms with van der Waals surface area (Å²) in [5, 5.41) is 8.60. The van der Waals surface area contributed by atoms with Gasteiger partial charge in [-0.25, -0.2) is 4.79 Å². The first-order valence-corrected chi connectivity index (χ1v) is 6.17. The van der Waals surface area contributed by atoms with Crippen molar-refractivity contribution in [2.75, 3.05) is 13.1 Å². The van der Waals surface area contributed by atoms with Gasteiger partial charge in [-0.05, 0) is 30.0 Å². The Labute approximate surface area is 111 Å². The lowest BCUT2D eigenvalue weighted by molar-refractivity contribution is -0.111. The fourth-order valence-corrected chi connectivity index (χ4v) is 1.75. The fraction of sp³-hybridized carbons (Fsp3) is 0.385. The SMILES string of the molecule is O=C(Cl)CCCN(CCc1ccccc1)C(=O)O. The molecule has 4 nitrogen and oxygen atoms in total. The van der Waals surface area contributed by atoms with Crippen LogP contribution in [-0.2, 0) is 11.2 Å². The van der Waals surface area contributed by atoms with Crippen molar-refractivity contribution in [3.8, 4) is 0 Å². The van der Waals surface area contributed by atoms with Gasteiger partial charge in [0.15, 0.2) is 0 Å². The van der Waals surface area contributed by atoms with Crippen molar-refractivity contribution in [1.82, 2.24) is 4.90 Å². The van der Waals surface area contributed by atoms with E-state index in [0.29, 0.717) is 25.9 Å². The van der Waals surface area contributed by atoms with Crippen molar-refractivity contribution >= 4 is 22.9 Å². The molecule has 0 aliphatic heterocycles. The topological polar surface area (TPSA) is 57.6 Å². The molecule has 0 aliphatic carbocycles. The van der Waals surface area contributed by atoms with Gasteiger partial charge in [0.2, 0.25) is 5.24 Å². The number of halogens is 1. The van der Waals surface area contributed by atoms with E-state index in [9.17, 15) is 9.59 Å². The number of benzene rings is 1. The van der Waals surface area contributed by atoms with E-state index in [2.05, 4.69) is 0 Å². The minimum absolute atomic E-state index is 0.205. The van der Waals surface area contributed by atoms with Gasteiger partial charge >= 0.3 is 6.09 Å². The van der Waals surface area contributed by atoms with E-state index in [4.69, 9.17) is 16.7 Å². The van der Waals surface area contributed by atoms with E-state index in [1.807, 2.05) is 30.3 Å². The highest BCUT2D eigenvalue weighted by atomic mass is 35.5. The lowest BCUT2D eigenvalue weighted by atomic mass is 10.1. The summed E-state index contributed by atoms with van der Waals surface area (Å²) in [4.78, 5) is 22.9. The Morgan fingerprint density at radius 1 is 1.17 bits per heavy atom. The molecule has 0 aliphatic rings. The zero-order chi connectivity index (χ0) is 13.4. The fourth-order valence-electron chi connectivity index (χ4n) is 1.62. The number of carbonyl (C=O) groups excluding carboxylic acids is 1. The van der Waals surface area contributed by atoms with Crippen LogP contribution in [0, 0.1) is 0 Å². The molecule has 1 amide bonds. The molecule has 1 aromatic carbocycles. The molecule has 1 aromatic rings. The molecule has 1 N–H and O–H groups in total. The van der Waals surface area contributed by atoms with Crippen LogP contribution in [0.15, 0.2) is 30.3 Å². The normalized spacial score (nSPS) is 10.1. The largest absolute Gasteiger partial charge is 0.465 e. The first kappa shape index (κ1) is 14.5. The highest BCUT2D eigenvalue weighted by Crippen LogP contribution is 2.04. The highest BCUT2D eigenvalue weighted by Gasteiger charge is 2.11. The van der Waals surface area contributed by atoms with E-state index < -0.39 is 11.3 Å². The first-order chi connectivity index (χ1) is 8.59. The first-order valence-electron chi connectivity index (χ1n) is 5.79. The van der Waals surface area contributed by atoms with Crippen LogP contribution in [0.1, 0.15) is 18.4 Å². The number of hydrogen-bond acceptors (Lipinski definition) is 2. The summed E-state index contributed by atoms with van der Waals surface area (Å²) in [5.74, 6) is 0. The summed E-state index contributed by atoms with van der Waals surface area (Å²) in [6.07, 6.45) is 0.371. The average molecular weight is 270 g/mol. The minimum atomic E-state index is -0.965. The highest BCUT2D eigenvalue weighted by molar-refractivity contribution is 6.63. The van der Waals surface area contributed by atoms with Crippen molar-refractivity contribution in [2.45, 2.75) is 19.3 Å². The van der Waals surface area contributed by atoms with Crippen LogP contribution in [0.5, 0.6) is 0 Å². The number of carbonyl (C=O) groups is 2. The summed E-state index contributed by atoms with van der Waals surface area (Å²) < 4.78 is 0. The minimum Gasteiger partial charge on any atom is -0.465 e. The Morgan fingerprint density at radius 3 is 2.39 bits per heavy atom. The molecule has 0 fully saturated rings. The van der Waals surface area contributed by atoms with E-state index >= 15 is 0 Å². The van der Waals surface area contributed by atoms with E-state index in [1.54, 1.807) is 0 Å². The van der Waals surface area contributed by atoms with Crippen LogP contribution < -0.4 is 0 Å². The van der Waals surface area contributed by atoms with Gasteiger partial charge in [-0.3, -0.25) is 4.79 Å². The molecule has 0 saturated carbocycles. The van der Waals surface area contributed by atoms with Crippen LogP contribution in [0.2, 0.25) is 0 Å². The Kier molecular flexibility index (Phi) is 6.22. The second kappa shape index (κ2) is 7.71. The third-order valence-electron chi connectivity index (χ3n) is 2.59. The third kappa shape index (κ3) is 5.68. The molecule has 0 bridgehead atoms. The quantitative estimate of drug-likeness (QED) is 0.775. The maximum atomic E-state index is 11.0. The molecule has 0 heterocycles. The van der Waals surface area contributed by atoms with Crippen molar-refractivity contribution in [3.05, 3.63) is 35.9 Å². The standard InChI is InChI=1S/C13H16ClNO3/c14-12(16)7-4-9-15(13(17)18)10-8-11-5-2-1-3-6-11/h1-3,5-6H,4,7-10H2,(H,17,18). The molecule has 98 valence electrons. The maximum absolute atomic E-state index is 11.0. The summed E-state index contributed by atoms with van der Waals surface area (Å²) in [7, 11) is 0. The van der Waals surface area contributed by atoms with Gasteiger partial charge in [-0.15, -0.1) is 0 Å². The summed E-state index contributed by atoms with van der Waals surface area (Å²) >= 11 is 5.21. The van der Waals surface area contributed by atoms with Crippen LogP contribution in [-0.4, -0.2) is 34.4 Å². The predicted octanol–water partition coefficient (Wildman–Crippen LogP) is 2.75. The van der Waals surface area contributed by atoms with Crippen molar-refractivity contribution in [2.24, 2.45) is 0 Å². The van der Waals surface area contributed by atoms with Crippen LogP contribution in [0.25, 0.3) is 0 Å². The van der Waals surface area contributed by atoms with Crippen LogP contribution >= 0.6 is 11.6 Å². The third-order valence-corrected chi connectivity index (χ3v) is 2.77. The Bertz CT molecular complexity index is 394. The zero-order valence-corrected chi connectivity index (χ0v) is 10.8. The molecule has 0 atom stereocenters. The van der Waals surface area contributed by atoms with Gasteiger partial charge in [-0.2, -0.15) is 0 Å². The zero-order valence-electron chi connectivity index (χ0n) is 10.0. The van der Waals surface area contributed by atoms with Crippen molar-refractivity contribution < 1.29 is 14.7 Å². The molecule has 0 radical (unpaired) electrons. The number of carboxylic acid groups (broad SMARTS) is 1. The Hall–Kier alpha value is -1.55. The number of nitrogens with zero attached hydrogens (tertiary/aromatic N) is 1. The van der Waals surface area contributed by atoms with Gasteiger partial charge in [0.05, 0.1) is 0 Å². The van der Waals surface area contributed by atoms with Crippen LogP contribution in [0.3, 0.4) is 0 Å². The lowest BCUT2D eigenvalue weighted by Crippen LogP contribution is -2.32. The van der Waals surface area contributed by atoms with Gasteiger partial charge in [0, 0.05) is 19.5 Å². The molecule has 1 rings (SSSR count). The van der Waals surface area contributed by atoms with Crippen molar-refractivity contribution in [1.29, 1.82) is 0 Å². The molecular weight excluding hydrogens is 254 g/mol. The van der Waals surface area contributed by atoms with E-state index in [0.717, 1.165) is 5.56 Å². The molecule has 0 spiro atoms. The number of rotatable bonds is 7. The average Bonchev–Trinajstić information content (AvgIpc) is 2.34. The second-order valence-electron chi connectivity index (χ2n) is 3.96. The summed E-state index contributed by atoms with van der Waals surface area (Å²) in [6.45, 7) is 0.760. The summed E-state index contributed by atoms with van der Waals surface area (Å²) in [6, 6.07) is 9.69.